The highest BCUT2D eigenvalue weighted by Gasteiger charge is 2.51. The summed E-state index contributed by atoms with van der Waals surface area (Å²) in [5, 5.41) is 4.15. The zero-order valence-corrected chi connectivity index (χ0v) is 20.5. The van der Waals surface area contributed by atoms with Crippen LogP contribution in [-0.2, 0) is 0 Å². The van der Waals surface area contributed by atoms with Gasteiger partial charge in [-0.25, -0.2) is 0 Å². The van der Waals surface area contributed by atoms with E-state index in [2.05, 4.69) is 116 Å². The molecule has 0 saturated heterocycles. The van der Waals surface area contributed by atoms with Gasteiger partial charge >= 0.3 is 0 Å². The van der Waals surface area contributed by atoms with E-state index in [-0.39, 0.29) is 22.6 Å². The maximum Gasteiger partial charge on any atom is 0.161 e. The Balaban J connectivity index is 0.00000245. The Bertz CT molecular complexity index is 1050. The predicted molar refractivity (Wildman–Crippen MR) is 131 cm³/mol. The van der Waals surface area contributed by atoms with Gasteiger partial charge in [0, 0.05) is 0 Å². The van der Waals surface area contributed by atoms with Crippen molar-refractivity contribution in [2.45, 2.75) is 12.6 Å². The second kappa shape index (κ2) is 9.90. The van der Waals surface area contributed by atoms with Crippen LogP contribution in [0.25, 0.3) is 0 Å². The summed E-state index contributed by atoms with van der Waals surface area (Å²) < 4.78 is 11.7. The third kappa shape index (κ3) is 3.96. The van der Waals surface area contributed by atoms with E-state index >= 15 is 0 Å². The molecule has 0 aromatic heterocycles. The molecule has 0 saturated carbocycles. The van der Waals surface area contributed by atoms with Crippen LogP contribution in [0.1, 0.15) is 18.1 Å². The van der Waals surface area contributed by atoms with Crippen molar-refractivity contribution in [1.29, 1.82) is 0 Å². The van der Waals surface area contributed by atoms with Crippen LogP contribution in [0.4, 0.5) is 0 Å². The Morgan fingerprint density at radius 1 is 0.594 bits per heavy atom. The Labute approximate surface area is 201 Å². The van der Waals surface area contributed by atoms with E-state index in [4.69, 9.17) is 9.47 Å². The van der Waals surface area contributed by atoms with Gasteiger partial charge in [-0.2, -0.15) is 0 Å². The average molecular weight is 505 g/mol. The molecule has 4 aromatic rings. The van der Waals surface area contributed by atoms with Gasteiger partial charge in [0.05, 0.1) is 0 Å². The largest absolute Gasteiger partial charge is 1.00 e. The maximum absolute atomic E-state index is 5.93. The minimum Gasteiger partial charge on any atom is -1.00 e. The first-order valence-electron chi connectivity index (χ1n) is 10.8. The Hall–Kier alpha value is -2.61. The van der Waals surface area contributed by atoms with Crippen LogP contribution in [0.5, 0.6) is 11.5 Å². The molecular weight excluding hydrogens is 479 g/mol. The summed E-state index contributed by atoms with van der Waals surface area (Å²) in [6, 6.07) is 39.5. The average Bonchev–Trinajstić information content (AvgIpc) is 2.86. The quantitative estimate of drug-likeness (QED) is 0.389. The highest BCUT2D eigenvalue weighted by molar-refractivity contribution is 7.95. The van der Waals surface area contributed by atoms with E-state index in [9.17, 15) is 0 Å². The molecule has 1 atom stereocenters. The van der Waals surface area contributed by atoms with E-state index < -0.39 is 7.26 Å². The monoisotopic (exact) mass is 504 g/mol. The second-order valence-corrected chi connectivity index (χ2v) is 11.6. The number of rotatable bonds is 5. The molecule has 1 aliphatic rings. The van der Waals surface area contributed by atoms with Crippen LogP contribution in [-0.4, -0.2) is 13.2 Å². The lowest BCUT2D eigenvalue weighted by Gasteiger charge is -2.33. The lowest BCUT2D eigenvalue weighted by Crippen LogP contribution is -3.00. The minimum atomic E-state index is -2.00. The van der Waals surface area contributed by atoms with Crippen molar-refractivity contribution in [3.63, 3.8) is 0 Å². The number of benzene rings is 4. The van der Waals surface area contributed by atoms with Crippen LogP contribution >= 0.6 is 7.26 Å². The summed E-state index contributed by atoms with van der Waals surface area (Å²) in [4.78, 5) is 0. The van der Waals surface area contributed by atoms with E-state index in [1.807, 2.05) is 0 Å². The molecule has 0 aliphatic carbocycles. The number of ether oxygens (including phenoxy) is 2. The van der Waals surface area contributed by atoms with Crippen molar-refractivity contribution >= 4 is 23.2 Å². The molecule has 0 spiro atoms. The Morgan fingerprint density at radius 3 is 1.50 bits per heavy atom. The first-order chi connectivity index (χ1) is 15.3. The van der Waals surface area contributed by atoms with Gasteiger partial charge in [0.25, 0.3) is 0 Å². The van der Waals surface area contributed by atoms with Crippen molar-refractivity contribution < 1.29 is 26.5 Å². The standard InChI is InChI=1S/C28H26O2P.BrH/c1-22(23-17-18-27-28(21-23)30-20-19-29-27)31(24-11-5-2-6-12-24,25-13-7-3-8-14-25)26-15-9-4-10-16-26;/h2-18,21-22H,19-20H2,1H3;1H/q+1;/p-1. The second-order valence-electron chi connectivity index (χ2n) is 7.81. The molecule has 162 valence electrons. The fraction of sp³-hybridized carbons (Fsp3) is 0.143. The molecule has 0 bridgehead atoms. The van der Waals surface area contributed by atoms with Gasteiger partial charge in [0.2, 0.25) is 0 Å². The third-order valence-corrected chi connectivity index (χ3v) is 10.9. The van der Waals surface area contributed by atoms with Gasteiger partial charge in [-0.05, 0) is 61.0 Å². The molecule has 32 heavy (non-hydrogen) atoms. The van der Waals surface area contributed by atoms with E-state index in [1.165, 1.54) is 21.5 Å². The van der Waals surface area contributed by atoms with Crippen LogP contribution in [0, 0.1) is 0 Å². The Kier molecular flexibility index (Phi) is 6.98. The molecule has 2 nitrogen and oxygen atoms in total. The predicted octanol–water partition coefficient (Wildman–Crippen LogP) is 2.52. The molecular formula is C28H26BrO2P. The van der Waals surface area contributed by atoms with Crippen LogP contribution in [0.2, 0.25) is 0 Å². The summed E-state index contributed by atoms with van der Waals surface area (Å²) in [5.74, 6) is 1.69. The summed E-state index contributed by atoms with van der Waals surface area (Å²) >= 11 is 0. The maximum atomic E-state index is 5.93. The number of halogens is 1. The molecule has 4 aromatic carbocycles. The topological polar surface area (TPSA) is 18.5 Å². The fourth-order valence-electron chi connectivity index (χ4n) is 4.65. The van der Waals surface area contributed by atoms with Gasteiger partial charge < -0.3 is 26.5 Å². The number of hydrogen-bond donors (Lipinski definition) is 0. The first-order valence-corrected chi connectivity index (χ1v) is 12.6. The smallest absolute Gasteiger partial charge is 0.161 e. The molecule has 0 fully saturated rings. The highest BCUT2D eigenvalue weighted by Crippen LogP contribution is 2.66. The molecule has 5 rings (SSSR count). The van der Waals surface area contributed by atoms with Crippen molar-refractivity contribution in [2.75, 3.05) is 13.2 Å². The number of hydrogen-bond acceptors (Lipinski definition) is 2. The SMILES string of the molecule is CC(c1ccc2c(c1)OCCO2)[P+](c1ccccc1)(c1ccccc1)c1ccccc1.[Br-]. The van der Waals surface area contributed by atoms with E-state index in [0.29, 0.717) is 13.2 Å². The van der Waals surface area contributed by atoms with Gasteiger partial charge in [-0.3, -0.25) is 0 Å². The molecule has 0 amide bonds. The van der Waals surface area contributed by atoms with Crippen molar-refractivity contribution in [3.05, 3.63) is 115 Å². The van der Waals surface area contributed by atoms with E-state index in [1.54, 1.807) is 0 Å². The molecule has 0 radical (unpaired) electrons. The van der Waals surface area contributed by atoms with Crippen LogP contribution in [0.15, 0.2) is 109 Å². The molecule has 1 heterocycles. The lowest BCUT2D eigenvalue weighted by atomic mass is 10.1. The molecule has 0 N–H and O–H groups in total. The minimum absolute atomic E-state index is 0. The molecule has 1 aliphatic heterocycles. The summed E-state index contributed by atoms with van der Waals surface area (Å²) in [6.07, 6.45) is 0. The summed E-state index contributed by atoms with van der Waals surface area (Å²) in [5.41, 5.74) is 1.53. The normalized spacial score (nSPS) is 13.7. The van der Waals surface area contributed by atoms with Crippen LogP contribution in [0.3, 0.4) is 0 Å². The first kappa shape index (κ1) is 22.6. The van der Waals surface area contributed by atoms with Crippen molar-refractivity contribution in [3.8, 4) is 11.5 Å². The van der Waals surface area contributed by atoms with Crippen LogP contribution < -0.4 is 42.4 Å². The van der Waals surface area contributed by atoms with Crippen molar-refractivity contribution in [2.24, 2.45) is 0 Å². The summed E-state index contributed by atoms with van der Waals surface area (Å²) in [6.45, 7) is 3.57. The highest BCUT2D eigenvalue weighted by atomic mass is 79.9. The lowest BCUT2D eigenvalue weighted by molar-refractivity contribution is -0.00000660. The van der Waals surface area contributed by atoms with Gasteiger partial charge in [-0.1, -0.05) is 60.7 Å². The molecule has 1 unspecified atom stereocenters. The fourth-order valence-corrected chi connectivity index (χ4v) is 9.42. The van der Waals surface area contributed by atoms with Gasteiger partial charge in [-0.15, -0.1) is 0 Å². The zero-order valence-electron chi connectivity index (χ0n) is 18.0. The van der Waals surface area contributed by atoms with Gasteiger partial charge in [0.15, 0.2) is 11.5 Å². The third-order valence-electron chi connectivity index (χ3n) is 6.12. The summed E-state index contributed by atoms with van der Waals surface area (Å²) in [7, 11) is -2.00. The Morgan fingerprint density at radius 2 is 1.03 bits per heavy atom. The van der Waals surface area contributed by atoms with E-state index in [0.717, 1.165) is 11.5 Å². The van der Waals surface area contributed by atoms with Crippen molar-refractivity contribution in [1.82, 2.24) is 0 Å². The number of fused-ring (bicyclic) bond motifs is 1. The molecule has 4 heteroatoms. The van der Waals surface area contributed by atoms with Gasteiger partial charge in [0.1, 0.15) is 42.0 Å². The zero-order chi connectivity index (χ0) is 21.1.